The predicted octanol–water partition coefficient (Wildman–Crippen LogP) is 13.5. The molecule has 0 fully saturated rings. The Morgan fingerprint density at radius 2 is 1.00 bits per heavy atom. The van der Waals surface area contributed by atoms with E-state index in [1.165, 1.54) is 25.7 Å². The zero-order chi connectivity index (χ0) is 45.0. The third kappa shape index (κ3) is 44.8. The first-order valence-electron chi connectivity index (χ1n) is 23.4. The van der Waals surface area contributed by atoms with Gasteiger partial charge in [0.05, 0.1) is 39.9 Å². The van der Waals surface area contributed by atoms with E-state index in [4.69, 9.17) is 9.05 Å². The minimum atomic E-state index is -4.37. The standard InChI is InChI=1S/C52H87N2O6P/c1-6-8-10-12-14-16-18-20-22-23-24-25-26-27-28-29-30-31-32-34-36-38-40-42-44-46-52(56)53-50(49-60-61(57,58)59-48-47-54(3,4)5)51(55)45-43-41-39-37-35-33-21-19-17-15-13-11-9-7-2/h8,10,14,16-17,19-20,22,24-25,27-28,30-31,34-37,43,45,50-51,55H,6-7,9,11-13,15,18,21,23,26,29,32-33,38-42,44,46-49H2,1-5H3,(H-,53,56,57,58)/p+1/b10-8-,16-14-,19-17+,22-20-,25-24-,28-27-,31-30-,36-34-,37-35+,45-43+. The van der Waals surface area contributed by atoms with Gasteiger partial charge in [-0.15, -0.1) is 0 Å². The lowest BCUT2D eigenvalue weighted by Gasteiger charge is -2.25. The van der Waals surface area contributed by atoms with Crippen LogP contribution in [-0.4, -0.2) is 73.4 Å². The van der Waals surface area contributed by atoms with Crippen molar-refractivity contribution in [1.82, 2.24) is 5.32 Å². The summed E-state index contributed by atoms with van der Waals surface area (Å²) in [6, 6.07) is -0.896. The molecule has 9 heteroatoms. The number of phosphoric acid groups is 1. The van der Waals surface area contributed by atoms with Crippen molar-refractivity contribution in [2.75, 3.05) is 40.9 Å². The summed E-state index contributed by atoms with van der Waals surface area (Å²) in [5.74, 6) is -0.231. The number of quaternary nitrogens is 1. The van der Waals surface area contributed by atoms with Gasteiger partial charge in [0.25, 0.3) is 0 Å². The molecule has 0 aromatic carbocycles. The van der Waals surface area contributed by atoms with Gasteiger partial charge in [0, 0.05) is 6.42 Å². The number of aliphatic hydroxyl groups is 1. The Balaban J connectivity index is 4.51. The van der Waals surface area contributed by atoms with Gasteiger partial charge in [-0.05, 0) is 103 Å². The normalized spacial score (nSPS) is 15.3. The quantitative estimate of drug-likeness (QED) is 0.0245. The van der Waals surface area contributed by atoms with Gasteiger partial charge in [0.2, 0.25) is 5.91 Å². The van der Waals surface area contributed by atoms with Crippen LogP contribution in [0, 0.1) is 0 Å². The van der Waals surface area contributed by atoms with Crippen LogP contribution >= 0.6 is 7.82 Å². The van der Waals surface area contributed by atoms with Gasteiger partial charge in [0.1, 0.15) is 13.2 Å². The summed E-state index contributed by atoms with van der Waals surface area (Å²) in [6.07, 6.45) is 62.8. The molecule has 0 saturated heterocycles. The summed E-state index contributed by atoms with van der Waals surface area (Å²) in [5, 5.41) is 13.8. The molecule has 0 aromatic heterocycles. The van der Waals surface area contributed by atoms with E-state index in [-0.39, 0.29) is 19.1 Å². The van der Waals surface area contributed by atoms with Crippen LogP contribution in [0.1, 0.15) is 149 Å². The van der Waals surface area contributed by atoms with Crippen LogP contribution in [0.15, 0.2) is 122 Å². The number of phosphoric ester groups is 1. The topological polar surface area (TPSA) is 105 Å². The highest BCUT2D eigenvalue weighted by Gasteiger charge is 2.27. The number of nitrogens with zero attached hydrogens (tertiary/aromatic N) is 1. The molecule has 0 rings (SSSR count). The summed E-state index contributed by atoms with van der Waals surface area (Å²) in [7, 11) is 1.50. The second-order valence-corrected chi connectivity index (χ2v) is 17.8. The van der Waals surface area contributed by atoms with Gasteiger partial charge in [-0.3, -0.25) is 13.8 Å². The maximum Gasteiger partial charge on any atom is 0.472 e. The average Bonchev–Trinajstić information content (AvgIpc) is 3.21. The van der Waals surface area contributed by atoms with E-state index in [0.717, 1.165) is 96.3 Å². The first-order valence-corrected chi connectivity index (χ1v) is 24.9. The van der Waals surface area contributed by atoms with Crippen LogP contribution in [0.3, 0.4) is 0 Å². The Hall–Kier alpha value is -3.10. The van der Waals surface area contributed by atoms with E-state index in [0.29, 0.717) is 23.9 Å². The lowest BCUT2D eigenvalue weighted by atomic mass is 10.1. The van der Waals surface area contributed by atoms with Crippen LogP contribution in [0.4, 0.5) is 0 Å². The number of amides is 1. The molecule has 0 aromatic rings. The van der Waals surface area contributed by atoms with Crippen LogP contribution < -0.4 is 5.32 Å². The number of nitrogens with one attached hydrogen (secondary N) is 1. The number of carbonyl (C=O) groups excluding carboxylic acids is 1. The SMILES string of the molecule is CC/C=C\C/C=C\C/C=C\C/C=C\C/C=C\C/C=C\C/C=C\CCCCCC(=O)NC(COP(=O)(O)OCC[N+](C)(C)C)C(O)/C=C/CC/C=C/CC/C=C/CCCCCC. The highest BCUT2D eigenvalue weighted by Crippen LogP contribution is 2.43. The molecule has 3 atom stereocenters. The number of likely N-dealkylation sites (N-methyl/N-ethyl adjacent to an activating group) is 1. The van der Waals surface area contributed by atoms with Crippen LogP contribution in [0.5, 0.6) is 0 Å². The summed E-state index contributed by atoms with van der Waals surface area (Å²) in [5.41, 5.74) is 0. The Labute approximate surface area is 374 Å². The van der Waals surface area contributed by atoms with Gasteiger partial charge in [-0.25, -0.2) is 4.57 Å². The summed E-state index contributed by atoms with van der Waals surface area (Å²) < 4.78 is 23.5. The first kappa shape index (κ1) is 57.9. The average molecular weight is 868 g/mol. The summed E-state index contributed by atoms with van der Waals surface area (Å²) in [4.78, 5) is 23.1. The van der Waals surface area contributed by atoms with Crippen LogP contribution in [0.25, 0.3) is 0 Å². The molecule has 1 amide bonds. The van der Waals surface area contributed by atoms with Gasteiger partial charge >= 0.3 is 7.82 Å². The van der Waals surface area contributed by atoms with E-state index in [1.807, 2.05) is 27.2 Å². The fourth-order valence-corrected chi connectivity index (χ4v) is 6.43. The van der Waals surface area contributed by atoms with Crippen molar-refractivity contribution in [1.29, 1.82) is 0 Å². The fourth-order valence-electron chi connectivity index (χ4n) is 5.70. The van der Waals surface area contributed by atoms with Gasteiger partial charge in [0.15, 0.2) is 0 Å². The Morgan fingerprint density at radius 3 is 1.48 bits per heavy atom. The molecule has 0 aliphatic heterocycles. The first-order chi connectivity index (χ1) is 29.5. The Morgan fingerprint density at radius 1 is 0.574 bits per heavy atom. The maximum atomic E-state index is 12.9. The minimum Gasteiger partial charge on any atom is -0.387 e. The van der Waals surface area contributed by atoms with E-state index in [1.54, 1.807) is 6.08 Å². The van der Waals surface area contributed by atoms with Crippen molar-refractivity contribution in [3.63, 3.8) is 0 Å². The smallest absolute Gasteiger partial charge is 0.387 e. The number of allylic oxidation sites excluding steroid dienone is 19. The van der Waals surface area contributed by atoms with Crippen molar-refractivity contribution in [3.8, 4) is 0 Å². The van der Waals surface area contributed by atoms with Gasteiger partial charge in [-0.1, -0.05) is 161 Å². The van der Waals surface area contributed by atoms with E-state index >= 15 is 0 Å². The Bertz CT molecular complexity index is 1400. The third-order valence-electron chi connectivity index (χ3n) is 9.39. The molecular weight excluding hydrogens is 780 g/mol. The van der Waals surface area contributed by atoms with Crippen molar-refractivity contribution in [2.24, 2.45) is 0 Å². The molecule has 0 spiro atoms. The molecule has 3 unspecified atom stereocenters. The maximum absolute atomic E-state index is 12.9. The highest BCUT2D eigenvalue weighted by atomic mass is 31.2. The van der Waals surface area contributed by atoms with Crippen molar-refractivity contribution in [2.45, 2.75) is 161 Å². The van der Waals surface area contributed by atoms with Crippen LogP contribution in [0.2, 0.25) is 0 Å². The van der Waals surface area contributed by atoms with E-state index < -0.39 is 20.0 Å². The molecule has 8 nitrogen and oxygen atoms in total. The summed E-state index contributed by atoms with van der Waals surface area (Å²) >= 11 is 0. The number of hydrogen-bond acceptors (Lipinski definition) is 5. The second-order valence-electron chi connectivity index (χ2n) is 16.4. The lowest BCUT2D eigenvalue weighted by molar-refractivity contribution is -0.870. The highest BCUT2D eigenvalue weighted by molar-refractivity contribution is 7.47. The monoisotopic (exact) mass is 868 g/mol. The fraction of sp³-hybridized carbons (Fsp3) is 0.596. The van der Waals surface area contributed by atoms with Crippen LogP contribution in [-0.2, 0) is 18.4 Å². The van der Waals surface area contributed by atoms with Crippen molar-refractivity contribution >= 4 is 13.7 Å². The Kier molecular flexibility index (Phi) is 40.1. The van der Waals surface area contributed by atoms with Crippen molar-refractivity contribution < 1.29 is 32.9 Å². The van der Waals surface area contributed by atoms with E-state index in [2.05, 4.69) is 129 Å². The third-order valence-corrected chi connectivity index (χ3v) is 10.4. The molecule has 346 valence electrons. The number of rotatable bonds is 40. The number of unbranched alkanes of at least 4 members (excludes halogenated alkanes) is 9. The number of aliphatic hydroxyl groups excluding tert-OH is 1. The molecule has 0 heterocycles. The summed E-state index contributed by atoms with van der Waals surface area (Å²) in [6.45, 7) is 4.58. The second kappa shape index (κ2) is 42.2. The molecule has 0 saturated carbocycles. The van der Waals surface area contributed by atoms with Gasteiger partial charge in [-0.2, -0.15) is 0 Å². The lowest BCUT2D eigenvalue weighted by Crippen LogP contribution is -2.45. The number of hydrogen-bond donors (Lipinski definition) is 3. The van der Waals surface area contributed by atoms with Gasteiger partial charge < -0.3 is 19.8 Å². The number of carbonyl (C=O) groups is 1. The van der Waals surface area contributed by atoms with E-state index in [9.17, 15) is 19.4 Å². The zero-order valence-electron chi connectivity index (χ0n) is 39.1. The molecule has 0 bridgehead atoms. The molecule has 3 N–H and O–H groups in total. The minimum absolute atomic E-state index is 0.0390. The largest absolute Gasteiger partial charge is 0.472 e. The molecule has 0 radical (unpaired) electrons. The molecule has 0 aliphatic carbocycles. The molecular formula is C52H88N2O6P+. The molecule has 61 heavy (non-hydrogen) atoms. The molecule has 0 aliphatic rings. The zero-order valence-corrected chi connectivity index (χ0v) is 40.0. The van der Waals surface area contributed by atoms with Crippen molar-refractivity contribution in [3.05, 3.63) is 122 Å². The predicted molar refractivity (Wildman–Crippen MR) is 262 cm³/mol.